The van der Waals surface area contributed by atoms with E-state index in [0.717, 1.165) is 0 Å². The van der Waals surface area contributed by atoms with Crippen LogP contribution in [0, 0.1) is 5.82 Å². The number of halogens is 2. The highest BCUT2D eigenvalue weighted by molar-refractivity contribution is 6.35. The number of benzene rings is 2. The van der Waals surface area contributed by atoms with Gasteiger partial charge in [0.15, 0.2) is 5.65 Å². The van der Waals surface area contributed by atoms with Crippen LogP contribution in [0.4, 0.5) is 4.39 Å². The van der Waals surface area contributed by atoms with Crippen LogP contribution in [0.1, 0.15) is 29.0 Å². The molecular weight excluding hydrogens is 445 g/mol. The Labute approximate surface area is 192 Å². The Morgan fingerprint density at radius 2 is 1.94 bits per heavy atom. The molecule has 3 aromatic heterocycles. The van der Waals surface area contributed by atoms with E-state index < -0.39 is 11.9 Å². The fraction of sp³-hybridized carbons (Fsp3) is 0.0833. The van der Waals surface area contributed by atoms with E-state index in [4.69, 9.17) is 11.6 Å². The van der Waals surface area contributed by atoms with E-state index in [9.17, 15) is 14.0 Å². The number of nitrogens with one attached hydrogen (secondary N) is 1. The molecule has 0 fully saturated rings. The predicted molar refractivity (Wildman–Crippen MR) is 123 cm³/mol. The van der Waals surface area contributed by atoms with E-state index in [0.29, 0.717) is 38.4 Å². The molecule has 0 saturated carbocycles. The van der Waals surface area contributed by atoms with E-state index in [2.05, 4.69) is 15.4 Å². The van der Waals surface area contributed by atoms with Crippen LogP contribution in [-0.4, -0.2) is 25.1 Å². The van der Waals surface area contributed by atoms with E-state index in [1.165, 1.54) is 39.5 Å². The van der Waals surface area contributed by atoms with Gasteiger partial charge in [-0.2, -0.15) is 5.10 Å². The van der Waals surface area contributed by atoms with E-state index >= 15 is 0 Å². The molecule has 0 bridgehead atoms. The summed E-state index contributed by atoms with van der Waals surface area (Å²) in [5.41, 5.74) is 1.33. The van der Waals surface area contributed by atoms with Crippen molar-refractivity contribution in [3.8, 4) is 5.69 Å². The molecule has 0 aliphatic carbocycles. The van der Waals surface area contributed by atoms with Gasteiger partial charge in [0.05, 0.1) is 22.6 Å². The molecule has 0 unspecified atom stereocenters. The highest BCUT2D eigenvalue weighted by Gasteiger charge is 2.21. The van der Waals surface area contributed by atoms with Gasteiger partial charge in [-0.1, -0.05) is 23.7 Å². The van der Waals surface area contributed by atoms with Crippen LogP contribution in [0.25, 0.3) is 22.1 Å². The van der Waals surface area contributed by atoms with Crippen molar-refractivity contribution in [2.75, 3.05) is 0 Å². The van der Waals surface area contributed by atoms with Crippen LogP contribution in [0.3, 0.4) is 0 Å². The van der Waals surface area contributed by atoms with E-state index in [1.54, 1.807) is 49.6 Å². The van der Waals surface area contributed by atoms with Gasteiger partial charge in [-0.05, 0) is 54.8 Å². The second-order valence-corrected chi connectivity index (χ2v) is 7.94. The molecule has 1 N–H and O–H groups in total. The van der Waals surface area contributed by atoms with Crippen LogP contribution in [0.5, 0.6) is 0 Å². The van der Waals surface area contributed by atoms with E-state index in [-0.39, 0.29) is 11.5 Å². The third-order valence-corrected chi connectivity index (χ3v) is 5.74. The van der Waals surface area contributed by atoms with Crippen LogP contribution >= 0.6 is 11.6 Å². The molecule has 1 atom stereocenters. The largest absolute Gasteiger partial charge is 0.344 e. The smallest absolute Gasteiger partial charge is 0.264 e. The number of rotatable bonds is 4. The van der Waals surface area contributed by atoms with Crippen molar-refractivity contribution in [1.82, 2.24) is 24.5 Å². The highest BCUT2D eigenvalue weighted by Crippen LogP contribution is 2.26. The summed E-state index contributed by atoms with van der Waals surface area (Å²) in [6, 6.07) is 13.7. The van der Waals surface area contributed by atoms with Gasteiger partial charge in [0.2, 0.25) is 0 Å². The van der Waals surface area contributed by atoms with Crippen molar-refractivity contribution in [1.29, 1.82) is 0 Å². The van der Waals surface area contributed by atoms with Gasteiger partial charge < -0.3 is 5.32 Å². The maximum Gasteiger partial charge on any atom is 0.264 e. The number of fused-ring (bicyclic) bond motifs is 2. The van der Waals surface area contributed by atoms with Crippen molar-refractivity contribution >= 4 is 33.9 Å². The van der Waals surface area contributed by atoms with Crippen molar-refractivity contribution in [3.05, 3.63) is 106 Å². The number of aromatic nitrogens is 4. The lowest BCUT2D eigenvalue weighted by atomic mass is 10.1. The summed E-state index contributed by atoms with van der Waals surface area (Å²) in [5.74, 6) is -0.811. The number of hydrogen-bond donors (Lipinski definition) is 1. The molecule has 5 aromatic rings. The summed E-state index contributed by atoms with van der Waals surface area (Å²) in [4.78, 5) is 30.7. The molecule has 0 aliphatic rings. The van der Waals surface area contributed by atoms with Gasteiger partial charge in [-0.15, -0.1) is 0 Å². The summed E-state index contributed by atoms with van der Waals surface area (Å²) in [7, 11) is 0. The third-order valence-electron chi connectivity index (χ3n) is 5.42. The Hall–Kier alpha value is -4.04. The van der Waals surface area contributed by atoms with Gasteiger partial charge in [0, 0.05) is 23.8 Å². The topological polar surface area (TPSA) is 81.3 Å². The van der Waals surface area contributed by atoms with Crippen molar-refractivity contribution in [2.24, 2.45) is 0 Å². The Morgan fingerprint density at radius 3 is 2.73 bits per heavy atom. The van der Waals surface area contributed by atoms with Gasteiger partial charge in [0.1, 0.15) is 11.4 Å². The fourth-order valence-electron chi connectivity index (χ4n) is 3.85. The lowest BCUT2D eigenvalue weighted by molar-refractivity contribution is 0.0940. The Balaban J connectivity index is 1.63. The molecular formula is C24H17ClFN5O2. The quantitative estimate of drug-likeness (QED) is 0.432. The zero-order valence-electron chi connectivity index (χ0n) is 17.4. The van der Waals surface area contributed by atoms with Crippen LogP contribution in [0.15, 0.2) is 78.0 Å². The number of amides is 1. The Kier molecular flexibility index (Phi) is 5.14. The van der Waals surface area contributed by atoms with Gasteiger partial charge in [-0.25, -0.2) is 13.9 Å². The van der Waals surface area contributed by atoms with Crippen molar-refractivity contribution in [2.45, 2.75) is 13.0 Å². The van der Waals surface area contributed by atoms with Crippen molar-refractivity contribution < 1.29 is 9.18 Å². The standard InChI is InChI=1S/C24H17ClFN5O2/c1-14(29-23(32)18-13-28-30-11-3-10-27-22(18)30)20-12-15-4-2-5-19(25)21(15)24(33)31(20)17-8-6-16(26)7-9-17/h2-14H,1H3,(H,29,32)/t14-/m0/s1. The average Bonchev–Trinajstić information content (AvgIpc) is 3.24. The first-order chi connectivity index (χ1) is 15.9. The number of hydrogen-bond acceptors (Lipinski definition) is 4. The summed E-state index contributed by atoms with van der Waals surface area (Å²) in [5, 5.41) is 8.36. The summed E-state index contributed by atoms with van der Waals surface area (Å²) in [6.45, 7) is 1.77. The summed E-state index contributed by atoms with van der Waals surface area (Å²) in [6.07, 6.45) is 4.72. The minimum atomic E-state index is -0.586. The summed E-state index contributed by atoms with van der Waals surface area (Å²) < 4.78 is 16.5. The molecule has 7 nitrogen and oxygen atoms in total. The maximum atomic E-state index is 13.6. The molecule has 5 rings (SSSR count). The monoisotopic (exact) mass is 461 g/mol. The summed E-state index contributed by atoms with van der Waals surface area (Å²) >= 11 is 6.33. The molecule has 9 heteroatoms. The first-order valence-corrected chi connectivity index (χ1v) is 10.5. The molecule has 3 heterocycles. The normalized spacial score (nSPS) is 12.2. The second kappa shape index (κ2) is 8.14. The fourth-order valence-corrected chi connectivity index (χ4v) is 4.11. The molecule has 0 saturated heterocycles. The maximum absolute atomic E-state index is 13.6. The lowest BCUT2D eigenvalue weighted by Gasteiger charge is -2.21. The number of pyridine rings is 1. The number of carbonyl (C=O) groups excluding carboxylic acids is 1. The highest BCUT2D eigenvalue weighted by atomic mass is 35.5. The molecule has 1 amide bonds. The Morgan fingerprint density at radius 1 is 1.15 bits per heavy atom. The molecule has 164 valence electrons. The number of carbonyl (C=O) groups is 1. The van der Waals surface area contributed by atoms with Gasteiger partial charge >= 0.3 is 0 Å². The average molecular weight is 462 g/mol. The number of nitrogens with zero attached hydrogens (tertiary/aromatic N) is 4. The third kappa shape index (κ3) is 3.64. The van der Waals surface area contributed by atoms with Gasteiger partial charge in [0.25, 0.3) is 11.5 Å². The second-order valence-electron chi connectivity index (χ2n) is 7.53. The first-order valence-electron chi connectivity index (χ1n) is 10.1. The van der Waals surface area contributed by atoms with Crippen LogP contribution < -0.4 is 10.9 Å². The SMILES string of the molecule is C[C@H](NC(=O)c1cnn2cccnc12)c1cc2cccc(Cl)c2c(=O)n1-c1ccc(F)cc1. The molecule has 2 aromatic carbocycles. The molecule has 0 aliphatic heterocycles. The van der Waals surface area contributed by atoms with E-state index in [1.807, 2.05) is 0 Å². The first kappa shape index (κ1) is 20.8. The van der Waals surface area contributed by atoms with Crippen molar-refractivity contribution in [3.63, 3.8) is 0 Å². The van der Waals surface area contributed by atoms with Gasteiger partial charge in [-0.3, -0.25) is 14.2 Å². The predicted octanol–water partition coefficient (Wildman–Crippen LogP) is 4.32. The molecule has 0 spiro atoms. The minimum Gasteiger partial charge on any atom is -0.344 e. The molecule has 0 radical (unpaired) electrons. The van der Waals surface area contributed by atoms with Crippen LogP contribution in [-0.2, 0) is 0 Å². The zero-order chi connectivity index (χ0) is 23.1. The minimum absolute atomic E-state index is 0.307. The lowest BCUT2D eigenvalue weighted by Crippen LogP contribution is -2.32. The zero-order valence-corrected chi connectivity index (χ0v) is 18.1. The van der Waals surface area contributed by atoms with Crippen LogP contribution in [0.2, 0.25) is 5.02 Å². The Bertz CT molecular complexity index is 1580. The molecule has 33 heavy (non-hydrogen) atoms.